The Hall–Kier alpha value is -1.19. The van der Waals surface area contributed by atoms with E-state index in [9.17, 15) is 0 Å². The van der Waals surface area contributed by atoms with Gasteiger partial charge in [0.1, 0.15) is 5.75 Å². The Morgan fingerprint density at radius 1 is 1.24 bits per heavy atom. The molecule has 0 unspecified atom stereocenters. The Kier molecular flexibility index (Phi) is 7.61. The number of ether oxygens (including phenoxy) is 1. The summed E-state index contributed by atoms with van der Waals surface area (Å²) < 4.78 is 21.7. The molecule has 8 heteroatoms. The average Bonchev–Trinajstić information content (AvgIpc) is 2.48. The number of rotatable bonds is 9. The molecule has 0 heterocycles. The summed E-state index contributed by atoms with van der Waals surface area (Å²) in [5.74, 6) is 0.746. The number of benzene rings is 1. The fourth-order valence-electron chi connectivity index (χ4n) is 1.84. The molecule has 1 aromatic rings. The molecular formula is C13H22N2O4SSi. The summed E-state index contributed by atoms with van der Waals surface area (Å²) in [6, 6.07) is 8.14. The third-order valence-electron chi connectivity index (χ3n) is 2.93. The Morgan fingerprint density at radius 2 is 1.90 bits per heavy atom. The molecule has 3 N–H and O–H groups in total. The monoisotopic (exact) mass is 330 g/mol. The molecule has 0 fully saturated rings. The predicted octanol–water partition coefficient (Wildman–Crippen LogP) is 1.99. The van der Waals surface area contributed by atoms with Crippen LogP contribution in [0, 0.1) is 0 Å². The van der Waals surface area contributed by atoms with Crippen molar-refractivity contribution in [2.75, 3.05) is 33.3 Å². The van der Waals surface area contributed by atoms with E-state index in [0.29, 0.717) is 12.7 Å². The van der Waals surface area contributed by atoms with Gasteiger partial charge in [0.15, 0.2) is 5.11 Å². The summed E-state index contributed by atoms with van der Waals surface area (Å²) in [6.07, 6.45) is 0.773. The SMILES string of the molecule is CO[Si](CCCOc1cccc(NC(N)=S)c1)(OC)OC. The van der Waals surface area contributed by atoms with Gasteiger partial charge >= 0.3 is 8.80 Å². The van der Waals surface area contributed by atoms with Crippen LogP contribution in [0.1, 0.15) is 6.42 Å². The van der Waals surface area contributed by atoms with Crippen LogP contribution in [0.25, 0.3) is 0 Å². The minimum atomic E-state index is -2.51. The molecule has 0 aliphatic carbocycles. The minimum absolute atomic E-state index is 0.225. The molecule has 0 bridgehead atoms. The molecule has 6 nitrogen and oxygen atoms in total. The second-order valence-electron chi connectivity index (χ2n) is 4.26. The van der Waals surface area contributed by atoms with Gasteiger partial charge in [-0.15, -0.1) is 0 Å². The van der Waals surface area contributed by atoms with Crippen LogP contribution in [0.3, 0.4) is 0 Å². The molecule has 0 aliphatic rings. The third-order valence-corrected chi connectivity index (χ3v) is 5.86. The van der Waals surface area contributed by atoms with Gasteiger partial charge in [-0.2, -0.15) is 0 Å². The smallest absolute Gasteiger partial charge is 0.494 e. The van der Waals surface area contributed by atoms with Crippen molar-refractivity contribution >= 4 is 31.8 Å². The highest BCUT2D eigenvalue weighted by atomic mass is 32.1. The van der Waals surface area contributed by atoms with Crippen molar-refractivity contribution in [3.63, 3.8) is 0 Å². The van der Waals surface area contributed by atoms with E-state index >= 15 is 0 Å². The van der Waals surface area contributed by atoms with E-state index in [-0.39, 0.29) is 5.11 Å². The van der Waals surface area contributed by atoms with Crippen molar-refractivity contribution in [1.82, 2.24) is 0 Å². The molecule has 118 valence electrons. The number of anilines is 1. The summed E-state index contributed by atoms with van der Waals surface area (Å²) in [5, 5.41) is 3.09. The Bertz CT molecular complexity index is 449. The standard InChI is InChI=1S/C13H22N2O4SSi/c1-16-21(17-2,18-3)9-5-8-19-12-7-4-6-11(10-12)15-13(14)20/h4,6-7,10H,5,8-9H2,1-3H3,(H3,14,15,20). The topological polar surface area (TPSA) is 75.0 Å². The van der Waals surface area contributed by atoms with Crippen molar-refractivity contribution in [3.05, 3.63) is 24.3 Å². The summed E-state index contributed by atoms with van der Waals surface area (Å²) >= 11 is 4.80. The molecular weight excluding hydrogens is 308 g/mol. The first-order valence-electron chi connectivity index (χ1n) is 6.50. The van der Waals surface area contributed by atoms with Gasteiger partial charge in [0, 0.05) is 39.1 Å². The van der Waals surface area contributed by atoms with E-state index in [0.717, 1.165) is 17.9 Å². The van der Waals surface area contributed by atoms with Gasteiger partial charge in [0.2, 0.25) is 0 Å². The van der Waals surface area contributed by atoms with Gasteiger partial charge < -0.3 is 29.1 Å². The largest absolute Gasteiger partial charge is 0.500 e. The molecule has 0 aliphatic heterocycles. The molecule has 1 aromatic carbocycles. The number of hydrogen-bond acceptors (Lipinski definition) is 5. The molecule has 1 rings (SSSR count). The fraction of sp³-hybridized carbons (Fsp3) is 0.462. The first-order chi connectivity index (χ1) is 10.0. The number of thiocarbonyl (C=S) groups is 1. The lowest BCUT2D eigenvalue weighted by Gasteiger charge is -2.24. The zero-order valence-electron chi connectivity index (χ0n) is 12.5. The molecule has 0 atom stereocenters. The predicted molar refractivity (Wildman–Crippen MR) is 88.6 cm³/mol. The van der Waals surface area contributed by atoms with E-state index in [1.54, 1.807) is 21.3 Å². The highest BCUT2D eigenvalue weighted by molar-refractivity contribution is 7.80. The first-order valence-corrected chi connectivity index (χ1v) is 8.84. The highest BCUT2D eigenvalue weighted by Gasteiger charge is 2.36. The second kappa shape index (κ2) is 8.95. The summed E-state index contributed by atoms with van der Waals surface area (Å²) in [5.41, 5.74) is 6.23. The van der Waals surface area contributed by atoms with Crippen molar-refractivity contribution in [2.45, 2.75) is 12.5 Å². The van der Waals surface area contributed by atoms with Crippen LogP contribution in [0.2, 0.25) is 6.04 Å². The van der Waals surface area contributed by atoms with Gasteiger partial charge in [-0.25, -0.2) is 0 Å². The van der Waals surface area contributed by atoms with Crippen LogP contribution in [0.15, 0.2) is 24.3 Å². The van der Waals surface area contributed by atoms with Crippen LogP contribution in [0.4, 0.5) is 5.69 Å². The first kappa shape index (κ1) is 17.9. The number of hydrogen-bond donors (Lipinski definition) is 2. The third kappa shape index (κ3) is 5.98. The maximum atomic E-state index is 5.69. The normalized spacial score (nSPS) is 11.2. The van der Waals surface area contributed by atoms with E-state index in [4.69, 9.17) is 36.0 Å². The molecule has 0 saturated heterocycles. The molecule has 0 saturated carbocycles. The number of nitrogens with one attached hydrogen (secondary N) is 1. The summed E-state index contributed by atoms with van der Waals surface area (Å²) in [6.45, 7) is 0.543. The fourth-order valence-corrected chi connectivity index (χ4v) is 3.65. The Labute approximate surface area is 131 Å². The van der Waals surface area contributed by atoms with Gasteiger partial charge in [0.25, 0.3) is 0 Å². The van der Waals surface area contributed by atoms with Gasteiger partial charge in [-0.1, -0.05) is 6.07 Å². The molecule has 0 spiro atoms. The van der Waals surface area contributed by atoms with Crippen LogP contribution in [0.5, 0.6) is 5.75 Å². The second-order valence-corrected chi connectivity index (χ2v) is 7.80. The molecule has 21 heavy (non-hydrogen) atoms. The maximum Gasteiger partial charge on any atom is 0.500 e. The van der Waals surface area contributed by atoms with E-state index in [1.165, 1.54) is 0 Å². The summed E-state index contributed by atoms with van der Waals surface area (Å²) in [7, 11) is 2.29. The molecule has 0 aromatic heterocycles. The van der Waals surface area contributed by atoms with Gasteiger partial charge in [-0.05, 0) is 30.8 Å². The van der Waals surface area contributed by atoms with Crippen LogP contribution in [-0.4, -0.2) is 41.9 Å². The maximum absolute atomic E-state index is 5.69. The highest BCUT2D eigenvalue weighted by Crippen LogP contribution is 2.19. The molecule has 0 amide bonds. The van der Waals surface area contributed by atoms with E-state index < -0.39 is 8.80 Å². The average molecular weight is 330 g/mol. The van der Waals surface area contributed by atoms with Crippen LogP contribution in [-0.2, 0) is 13.3 Å². The lowest BCUT2D eigenvalue weighted by atomic mass is 10.3. The van der Waals surface area contributed by atoms with Crippen molar-refractivity contribution in [2.24, 2.45) is 5.73 Å². The van der Waals surface area contributed by atoms with E-state index in [1.807, 2.05) is 24.3 Å². The minimum Gasteiger partial charge on any atom is -0.494 e. The quantitative estimate of drug-likeness (QED) is 0.407. The van der Waals surface area contributed by atoms with Crippen molar-refractivity contribution < 1.29 is 18.0 Å². The Morgan fingerprint density at radius 3 is 2.48 bits per heavy atom. The van der Waals surface area contributed by atoms with Crippen molar-refractivity contribution in [3.8, 4) is 5.75 Å². The van der Waals surface area contributed by atoms with E-state index in [2.05, 4.69) is 5.32 Å². The molecule has 0 radical (unpaired) electrons. The Balaban J connectivity index is 2.44. The zero-order valence-corrected chi connectivity index (χ0v) is 14.4. The van der Waals surface area contributed by atoms with Crippen LogP contribution >= 0.6 is 12.2 Å². The lowest BCUT2D eigenvalue weighted by molar-refractivity contribution is 0.121. The zero-order chi connectivity index (χ0) is 15.7. The lowest BCUT2D eigenvalue weighted by Crippen LogP contribution is -2.42. The van der Waals surface area contributed by atoms with Crippen LogP contribution < -0.4 is 15.8 Å². The van der Waals surface area contributed by atoms with Gasteiger partial charge in [0.05, 0.1) is 6.61 Å². The van der Waals surface area contributed by atoms with Crippen molar-refractivity contribution in [1.29, 1.82) is 0 Å². The number of nitrogens with two attached hydrogens (primary N) is 1. The van der Waals surface area contributed by atoms with Gasteiger partial charge in [-0.3, -0.25) is 0 Å². The summed E-state index contributed by atoms with van der Waals surface area (Å²) in [4.78, 5) is 0.